The summed E-state index contributed by atoms with van der Waals surface area (Å²) < 4.78 is 6.12. The third-order valence-electron chi connectivity index (χ3n) is 4.13. The number of ether oxygens (including phenoxy) is 1. The monoisotopic (exact) mass is 370 g/mol. The van der Waals surface area contributed by atoms with Crippen LogP contribution < -0.4 is 10.1 Å². The second-order valence-corrected chi connectivity index (χ2v) is 7.06. The Balaban J connectivity index is 1.51. The highest BCUT2D eigenvalue weighted by molar-refractivity contribution is 7.08. The zero-order valence-electron chi connectivity index (χ0n) is 13.2. The van der Waals surface area contributed by atoms with Gasteiger partial charge in [-0.25, -0.2) is 0 Å². The van der Waals surface area contributed by atoms with E-state index in [0.29, 0.717) is 17.1 Å². The van der Waals surface area contributed by atoms with E-state index in [1.165, 1.54) is 11.3 Å². The Kier molecular flexibility index (Phi) is 4.42. The molecular formula is C19H15ClN2O2S. The number of pyridine rings is 1. The molecule has 0 fully saturated rings. The number of carbonyl (C=O) groups is 1. The van der Waals surface area contributed by atoms with E-state index < -0.39 is 0 Å². The summed E-state index contributed by atoms with van der Waals surface area (Å²) in [5, 5.41) is 7.34. The van der Waals surface area contributed by atoms with E-state index in [-0.39, 0.29) is 12.0 Å². The first kappa shape index (κ1) is 16.1. The van der Waals surface area contributed by atoms with Crippen molar-refractivity contribution in [3.05, 3.63) is 69.6 Å². The molecule has 3 heterocycles. The van der Waals surface area contributed by atoms with Crippen LogP contribution in [0.2, 0.25) is 5.02 Å². The summed E-state index contributed by atoms with van der Waals surface area (Å²) in [6, 6.07) is 9.51. The lowest BCUT2D eigenvalue weighted by Gasteiger charge is -2.13. The molecule has 1 aromatic carbocycles. The van der Waals surface area contributed by atoms with Crippen LogP contribution in [0.3, 0.4) is 0 Å². The molecule has 4 nitrogen and oxygen atoms in total. The van der Waals surface area contributed by atoms with E-state index in [9.17, 15) is 4.79 Å². The summed E-state index contributed by atoms with van der Waals surface area (Å²) in [6.07, 6.45) is 4.11. The molecule has 0 spiro atoms. The Morgan fingerprint density at radius 2 is 2.16 bits per heavy atom. The van der Waals surface area contributed by atoms with Crippen LogP contribution in [0.15, 0.2) is 53.5 Å². The SMILES string of the molecule is O=C(NC[C@@H]1Cc2cc(Cl)cc(-c3ccncc3)c2O1)c1ccsc1. The fourth-order valence-electron chi connectivity index (χ4n) is 2.96. The van der Waals surface area contributed by atoms with Gasteiger partial charge in [0.15, 0.2) is 0 Å². The highest BCUT2D eigenvalue weighted by atomic mass is 35.5. The first-order valence-corrected chi connectivity index (χ1v) is 9.22. The fourth-order valence-corrected chi connectivity index (χ4v) is 3.83. The molecule has 0 saturated heterocycles. The molecular weight excluding hydrogens is 356 g/mol. The minimum absolute atomic E-state index is 0.0757. The molecule has 0 aliphatic carbocycles. The van der Waals surface area contributed by atoms with E-state index in [1.54, 1.807) is 12.4 Å². The molecule has 1 amide bonds. The Labute approximate surface area is 154 Å². The summed E-state index contributed by atoms with van der Waals surface area (Å²) in [4.78, 5) is 16.1. The minimum Gasteiger partial charge on any atom is -0.487 e. The summed E-state index contributed by atoms with van der Waals surface area (Å²) in [5.41, 5.74) is 3.71. The van der Waals surface area contributed by atoms with E-state index in [1.807, 2.05) is 41.1 Å². The molecule has 2 aromatic heterocycles. The van der Waals surface area contributed by atoms with Crippen LogP contribution in [0, 0.1) is 0 Å². The number of nitrogens with zero attached hydrogens (tertiary/aromatic N) is 1. The van der Waals surface area contributed by atoms with Crippen LogP contribution >= 0.6 is 22.9 Å². The minimum atomic E-state index is -0.100. The number of halogens is 1. The van der Waals surface area contributed by atoms with Crippen molar-refractivity contribution in [2.45, 2.75) is 12.5 Å². The number of thiophene rings is 1. The van der Waals surface area contributed by atoms with Gasteiger partial charge in [0.1, 0.15) is 11.9 Å². The quantitative estimate of drug-likeness (QED) is 0.748. The lowest BCUT2D eigenvalue weighted by Crippen LogP contribution is -2.34. The third kappa shape index (κ3) is 3.38. The van der Waals surface area contributed by atoms with Gasteiger partial charge in [0.25, 0.3) is 5.91 Å². The normalized spacial score (nSPS) is 15.5. The number of aromatic nitrogens is 1. The van der Waals surface area contributed by atoms with Gasteiger partial charge in [0, 0.05) is 45.9 Å². The molecule has 25 heavy (non-hydrogen) atoms. The first-order valence-electron chi connectivity index (χ1n) is 7.90. The highest BCUT2D eigenvalue weighted by Gasteiger charge is 2.27. The number of carbonyl (C=O) groups excluding carboxylic acids is 1. The van der Waals surface area contributed by atoms with Crippen LogP contribution in [0.1, 0.15) is 15.9 Å². The summed E-state index contributed by atoms with van der Waals surface area (Å²) in [7, 11) is 0. The number of hydrogen-bond acceptors (Lipinski definition) is 4. The number of benzene rings is 1. The average Bonchev–Trinajstić information content (AvgIpc) is 3.29. The van der Waals surface area contributed by atoms with Crippen molar-refractivity contribution < 1.29 is 9.53 Å². The van der Waals surface area contributed by atoms with Gasteiger partial charge in [-0.05, 0) is 41.3 Å². The van der Waals surface area contributed by atoms with Crippen molar-refractivity contribution in [3.8, 4) is 16.9 Å². The summed E-state index contributed by atoms with van der Waals surface area (Å²) in [6.45, 7) is 0.455. The number of hydrogen-bond donors (Lipinski definition) is 1. The topological polar surface area (TPSA) is 51.2 Å². The van der Waals surface area contributed by atoms with Crippen LogP contribution in [0.4, 0.5) is 0 Å². The Morgan fingerprint density at radius 1 is 1.32 bits per heavy atom. The van der Waals surface area contributed by atoms with Gasteiger partial charge in [-0.1, -0.05) is 11.6 Å². The maximum atomic E-state index is 12.1. The predicted octanol–water partition coefficient (Wildman–Crippen LogP) is 4.20. The molecule has 0 unspecified atom stereocenters. The Hall–Kier alpha value is -2.37. The number of amides is 1. The summed E-state index contributed by atoms with van der Waals surface area (Å²) in [5.74, 6) is 0.763. The van der Waals surface area contributed by atoms with Gasteiger partial charge in [-0.15, -0.1) is 0 Å². The van der Waals surface area contributed by atoms with Crippen LogP contribution in [0.5, 0.6) is 5.75 Å². The van der Waals surface area contributed by atoms with Gasteiger partial charge < -0.3 is 10.1 Å². The second kappa shape index (κ2) is 6.86. The number of fused-ring (bicyclic) bond motifs is 1. The van der Waals surface area contributed by atoms with Gasteiger partial charge in [-0.3, -0.25) is 9.78 Å². The van der Waals surface area contributed by atoms with Crippen molar-refractivity contribution in [3.63, 3.8) is 0 Å². The maximum absolute atomic E-state index is 12.1. The van der Waals surface area contributed by atoms with Crippen LogP contribution in [0.25, 0.3) is 11.1 Å². The lowest BCUT2D eigenvalue weighted by molar-refractivity contribution is 0.0934. The van der Waals surface area contributed by atoms with Crippen molar-refractivity contribution in [1.82, 2.24) is 10.3 Å². The number of nitrogens with one attached hydrogen (secondary N) is 1. The predicted molar refractivity (Wildman–Crippen MR) is 99.5 cm³/mol. The zero-order valence-corrected chi connectivity index (χ0v) is 14.8. The van der Waals surface area contributed by atoms with E-state index >= 15 is 0 Å². The molecule has 1 aliphatic heterocycles. The Bertz CT molecular complexity index is 897. The van der Waals surface area contributed by atoms with Gasteiger partial charge in [0.2, 0.25) is 0 Å². The molecule has 4 rings (SSSR count). The van der Waals surface area contributed by atoms with Gasteiger partial charge in [-0.2, -0.15) is 11.3 Å². The molecule has 3 aromatic rings. The average molecular weight is 371 g/mol. The maximum Gasteiger partial charge on any atom is 0.252 e. The molecule has 6 heteroatoms. The lowest BCUT2D eigenvalue weighted by atomic mass is 10.0. The number of rotatable bonds is 4. The molecule has 0 radical (unpaired) electrons. The molecule has 1 aliphatic rings. The third-order valence-corrected chi connectivity index (χ3v) is 5.03. The van der Waals surface area contributed by atoms with E-state index in [2.05, 4.69) is 10.3 Å². The van der Waals surface area contributed by atoms with Gasteiger partial charge in [0.05, 0.1) is 6.54 Å². The van der Waals surface area contributed by atoms with Crippen molar-refractivity contribution in [2.75, 3.05) is 6.54 Å². The first-order chi connectivity index (χ1) is 12.2. The van der Waals surface area contributed by atoms with Crippen LogP contribution in [-0.4, -0.2) is 23.5 Å². The highest BCUT2D eigenvalue weighted by Crippen LogP contribution is 2.40. The van der Waals surface area contributed by atoms with Crippen molar-refractivity contribution in [1.29, 1.82) is 0 Å². The molecule has 0 saturated carbocycles. The Morgan fingerprint density at radius 3 is 2.92 bits per heavy atom. The molecule has 1 N–H and O–H groups in total. The second-order valence-electron chi connectivity index (χ2n) is 5.84. The smallest absolute Gasteiger partial charge is 0.252 e. The van der Waals surface area contributed by atoms with Crippen molar-refractivity contribution >= 4 is 28.8 Å². The largest absolute Gasteiger partial charge is 0.487 e. The summed E-state index contributed by atoms with van der Waals surface area (Å²) >= 11 is 7.79. The molecule has 1 atom stereocenters. The van der Waals surface area contributed by atoms with E-state index in [0.717, 1.165) is 28.9 Å². The standard InChI is InChI=1S/C19H15ClN2O2S/c20-15-7-14-8-16(10-22-19(23)13-3-6-25-11-13)24-18(14)17(9-15)12-1-4-21-5-2-12/h1-7,9,11,16H,8,10H2,(H,22,23)/t16-/m0/s1. The van der Waals surface area contributed by atoms with Gasteiger partial charge >= 0.3 is 0 Å². The van der Waals surface area contributed by atoms with E-state index in [4.69, 9.17) is 16.3 Å². The molecule has 126 valence electrons. The van der Waals surface area contributed by atoms with Crippen LogP contribution in [-0.2, 0) is 6.42 Å². The fraction of sp³-hybridized carbons (Fsp3) is 0.158. The zero-order chi connectivity index (χ0) is 17.2. The van der Waals surface area contributed by atoms with Crippen molar-refractivity contribution in [2.24, 2.45) is 0 Å². The molecule has 0 bridgehead atoms.